The molecule has 0 unspecified atom stereocenters. The van der Waals surface area contributed by atoms with E-state index in [0.717, 1.165) is 11.1 Å². The van der Waals surface area contributed by atoms with Crippen molar-refractivity contribution in [3.63, 3.8) is 0 Å². The summed E-state index contributed by atoms with van der Waals surface area (Å²) in [5.41, 5.74) is 0.227. The van der Waals surface area contributed by atoms with Crippen LogP contribution in [-0.4, -0.2) is 17.6 Å². The third-order valence-electron chi connectivity index (χ3n) is 2.42. The summed E-state index contributed by atoms with van der Waals surface area (Å²) in [7, 11) is 0. The van der Waals surface area contributed by atoms with Gasteiger partial charge in [-0.25, -0.2) is 0 Å². The quantitative estimate of drug-likeness (QED) is 0.846. The number of amidine groups is 1. The van der Waals surface area contributed by atoms with Gasteiger partial charge in [-0.1, -0.05) is 41.4 Å². The molecule has 0 bridgehead atoms. The largest absolute Gasteiger partial charge is 0.309 e. The summed E-state index contributed by atoms with van der Waals surface area (Å²) < 4.78 is 0. The molecule has 0 saturated carbocycles. The second-order valence-electron chi connectivity index (χ2n) is 3.84. The van der Waals surface area contributed by atoms with Crippen molar-refractivity contribution in [3.05, 3.63) is 39.9 Å². The number of anilines is 1. The van der Waals surface area contributed by atoms with Crippen LogP contribution in [0.4, 0.5) is 5.69 Å². The lowest BCUT2D eigenvalue weighted by Gasteiger charge is -2.15. The zero-order valence-corrected chi connectivity index (χ0v) is 12.3. The summed E-state index contributed by atoms with van der Waals surface area (Å²) in [4.78, 5) is 23.1. The van der Waals surface area contributed by atoms with Crippen molar-refractivity contribution in [1.82, 2.24) is 5.32 Å². The predicted octanol–water partition coefficient (Wildman–Crippen LogP) is 3.00. The molecule has 0 radical (unpaired) electrons. The van der Waals surface area contributed by atoms with E-state index in [1.54, 1.807) is 0 Å². The molecular formula is C12H8Cl3N3O2. The molecule has 2 amide bonds. The minimum atomic E-state index is -0.452. The normalized spacial score (nSPS) is 14.2. The Bertz CT molecular complexity index is 620. The summed E-state index contributed by atoms with van der Waals surface area (Å²) in [5.74, 6) is -0.621. The number of hydrogen-bond acceptors (Lipinski definition) is 3. The number of amides is 2. The SMILES string of the molecule is C=CC(=O)NC1=NN(c2c(Cl)cc(Cl)cc2Cl)C(=O)C1. The third kappa shape index (κ3) is 2.95. The van der Waals surface area contributed by atoms with Crippen LogP contribution in [0.5, 0.6) is 0 Å². The topological polar surface area (TPSA) is 61.8 Å². The molecule has 2 rings (SSSR count). The number of hydrazone groups is 1. The smallest absolute Gasteiger partial charge is 0.255 e. The summed E-state index contributed by atoms with van der Waals surface area (Å²) in [5, 5.41) is 8.18. The molecule has 0 fully saturated rings. The number of benzene rings is 1. The average molecular weight is 333 g/mol. The van der Waals surface area contributed by atoms with Crippen LogP contribution in [0.3, 0.4) is 0 Å². The fraction of sp³-hybridized carbons (Fsp3) is 0.0833. The van der Waals surface area contributed by atoms with Gasteiger partial charge in [0.05, 0.1) is 16.5 Å². The van der Waals surface area contributed by atoms with Gasteiger partial charge < -0.3 is 5.32 Å². The van der Waals surface area contributed by atoms with Gasteiger partial charge in [0.1, 0.15) is 11.5 Å². The number of hydrogen-bond donors (Lipinski definition) is 1. The van der Waals surface area contributed by atoms with Crippen molar-refractivity contribution in [1.29, 1.82) is 0 Å². The summed E-state index contributed by atoms with van der Waals surface area (Å²) in [6.45, 7) is 3.31. The highest BCUT2D eigenvalue weighted by Crippen LogP contribution is 2.38. The van der Waals surface area contributed by atoms with Crippen LogP contribution in [0.25, 0.3) is 0 Å². The van der Waals surface area contributed by atoms with E-state index in [0.29, 0.717) is 5.02 Å². The zero-order chi connectivity index (χ0) is 14.9. The first kappa shape index (κ1) is 14.8. The molecule has 1 aromatic carbocycles. The first-order valence-corrected chi connectivity index (χ1v) is 6.54. The van der Waals surface area contributed by atoms with E-state index in [1.165, 1.54) is 12.1 Å². The number of nitrogens with zero attached hydrogens (tertiary/aromatic N) is 2. The van der Waals surface area contributed by atoms with Crippen molar-refractivity contribution < 1.29 is 9.59 Å². The molecule has 0 aromatic heterocycles. The second-order valence-corrected chi connectivity index (χ2v) is 5.09. The highest BCUT2D eigenvalue weighted by Gasteiger charge is 2.29. The fourth-order valence-electron chi connectivity index (χ4n) is 1.60. The minimum absolute atomic E-state index is 0.0607. The molecule has 5 nitrogen and oxygen atoms in total. The van der Waals surface area contributed by atoms with E-state index in [1.807, 2.05) is 0 Å². The maximum absolute atomic E-state index is 11.9. The maximum Gasteiger partial charge on any atom is 0.255 e. The highest BCUT2D eigenvalue weighted by atomic mass is 35.5. The standard InChI is InChI=1S/C12H8Cl3N3O2/c1-2-10(19)16-9-5-11(20)18(17-9)12-7(14)3-6(13)4-8(12)15/h2-4H,1,5H2,(H,16,17,19). The molecule has 8 heteroatoms. The van der Waals surface area contributed by atoms with Crippen LogP contribution in [0.2, 0.25) is 15.1 Å². The number of nitrogens with one attached hydrogen (secondary N) is 1. The van der Waals surface area contributed by atoms with Crippen molar-refractivity contribution >= 4 is 58.1 Å². The summed E-state index contributed by atoms with van der Waals surface area (Å²) in [6.07, 6.45) is 1.02. The van der Waals surface area contributed by atoms with Gasteiger partial charge in [0, 0.05) is 5.02 Å². The third-order valence-corrected chi connectivity index (χ3v) is 3.22. The van der Waals surface area contributed by atoms with Gasteiger partial charge in [0.25, 0.3) is 5.91 Å². The van der Waals surface area contributed by atoms with Gasteiger partial charge in [0.2, 0.25) is 5.91 Å². The number of carbonyl (C=O) groups excluding carboxylic acids is 2. The van der Waals surface area contributed by atoms with Gasteiger partial charge in [-0.05, 0) is 18.2 Å². The Morgan fingerprint density at radius 1 is 1.35 bits per heavy atom. The Balaban J connectivity index is 2.36. The molecule has 1 heterocycles. The van der Waals surface area contributed by atoms with Crippen LogP contribution >= 0.6 is 34.8 Å². The van der Waals surface area contributed by atoms with Crippen LogP contribution in [0.15, 0.2) is 29.9 Å². The second kappa shape index (κ2) is 5.83. The Morgan fingerprint density at radius 3 is 2.50 bits per heavy atom. The Kier molecular flexibility index (Phi) is 4.32. The van der Waals surface area contributed by atoms with Crippen molar-refractivity contribution in [2.45, 2.75) is 6.42 Å². The highest BCUT2D eigenvalue weighted by molar-refractivity contribution is 6.42. The number of halogens is 3. The molecule has 0 aliphatic carbocycles. The van der Waals surface area contributed by atoms with Crippen LogP contribution < -0.4 is 10.3 Å². The van der Waals surface area contributed by atoms with Crippen LogP contribution in [-0.2, 0) is 9.59 Å². The van der Waals surface area contributed by atoms with Crippen molar-refractivity contribution in [3.8, 4) is 0 Å². The van der Waals surface area contributed by atoms with Gasteiger partial charge >= 0.3 is 0 Å². The van der Waals surface area contributed by atoms with Crippen LogP contribution in [0, 0.1) is 0 Å². The van der Waals surface area contributed by atoms with Gasteiger partial charge in [-0.15, -0.1) is 0 Å². The van der Waals surface area contributed by atoms with Crippen molar-refractivity contribution in [2.24, 2.45) is 5.10 Å². The minimum Gasteiger partial charge on any atom is -0.309 e. The Labute approximate surface area is 129 Å². The van der Waals surface area contributed by atoms with E-state index >= 15 is 0 Å². The van der Waals surface area contributed by atoms with E-state index < -0.39 is 5.91 Å². The monoisotopic (exact) mass is 331 g/mol. The lowest BCUT2D eigenvalue weighted by atomic mass is 10.3. The van der Waals surface area contributed by atoms with Gasteiger partial charge in [0.15, 0.2) is 0 Å². The zero-order valence-electron chi connectivity index (χ0n) is 9.99. The Morgan fingerprint density at radius 2 is 1.95 bits per heavy atom. The fourth-order valence-corrected chi connectivity index (χ4v) is 2.58. The molecule has 104 valence electrons. The molecule has 1 aliphatic heterocycles. The van der Waals surface area contributed by atoms with E-state index in [-0.39, 0.29) is 33.9 Å². The van der Waals surface area contributed by atoms with Crippen LogP contribution in [0.1, 0.15) is 6.42 Å². The predicted molar refractivity (Wildman–Crippen MR) is 79.3 cm³/mol. The molecule has 1 aliphatic rings. The maximum atomic E-state index is 11.9. The number of rotatable bonds is 2. The molecule has 0 spiro atoms. The number of carbonyl (C=O) groups is 2. The molecule has 0 atom stereocenters. The van der Waals surface area contributed by atoms with Gasteiger partial charge in [-0.2, -0.15) is 10.1 Å². The summed E-state index contributed by atoms with van der Waals surface area (Å²) in [6, 6.07) is 2.90. The Hall–Kier alpha value is -1.56. The first-order valence-electron chi connectivity index (χ1n) is 5.40. The first-order chi connectivity index (χ1) is 9.42. The molecule has 1 N–H and O–H groups in total. The molecular weight excluding hydrogens is 325 g/mol. The average Bonchev–Trinajstić information content (AvgIpc) is 2.69. The van der Waals surface area contributed by atoms with E-state index in [4.69, 9.17) is 34.8 Å². The van der Waals surface area contributed by atoms with E-state index in [9.17, 15) is 9.59 Å². The van der Waals surface area contributed by atoms with Gasteiger partial charge in [-0.3, -0.25) is 9.59 Å². The summed E-state index contributed by atoms with van der Waals surface area (Å²) >= 11 is 17.9. The molecule has 1 aromatic rings. The van der Waals surface area contributed by atoms with E-state index in [2.05, 4.69) is 17.0 Å². The van der Waals surface area contributed by atoms with Crippen molar-refractivity contribution in [2.75, 3.05) is 5.01 Å². The lowest BCUT2D eigenvalue weighted by Crippen LogP contribution is -2.27. The lowest BCUT2D eigenvalue weighted by molar-refractivity contribution is -0.116. The molecule has 0 saturated heterocycles. The molecule has 20 heavy (non-hydrogen) atoms.